The number of hydrogen-bond donors (Lipinski definition) is 2. The van der Waals surface area contributed by atoms with Crippen molar-refractivity contribution in [2.75, 3.05) is 17.7 Å². The number of alkyl halides is 1. The van der Waals surface area contributed by atoms with Crippen molar-refractivity contribution < 1.29 is 14.2 Å². The minimum Gasteiger partial charge on any atom is -0.452 e. The lowest BCUT2D eigenvalue weighted by Gasteiger charge is -2.14. The van der Waals surface area contributed by atoms with E-state index in [4.69, 9.17) is 16.3 Å². The quantitative estimate of drug-likeness (QED) is 0.800. The Kier molecular flexibility index (Phi) is 5.21. The van der Waals surface area contributed by atoms with Crippen LogP contribution in [0.2, 0.25) is 0 Å². The van der Waals surface area contributed by atoms with Crippen molar-refractivity contribution in [1.82, 2.24) is 0 Å². The summed E-state index contributed by atoms with van der Waals surface area (Å²) in [7, 11) is 0. The molecular formula is C15H15ClFNO2. The highest BCUT2D eigenvalue weighted by atomic mass is 35.5. The molecule has 2 aromatic rings. The number of nitrogens with one attached hydrogen (secondary N) is 1. The lowest BCUT2D eigenvalue weighted by Crippen LogP contribution is -2.20. The van der Waals surface area contributed by atoms with Crippen LogP contribution in [-0.4, -0.2) is 23.6 Å². The lowest BCUT2D eigenvalue weighted by molar-refractivity contribution is 0.211. The van der Waals surface area contributed by atoms with Crippen molar-refractivity contribution in [3.05, 3.63) is 54.3 Å². The topological polar surface area (TPSA) is 41.5 Å². The molecule has 0 bridgehead atoms. The Morgan fingerprint density at radius 2 is 1.75 bits per heavy atom. The summed E-state index contributed by atoms with van der Waals surface area (Å²) in [5.74, 6) is 0.352. The molecule has 3 nitrogen and oxygen atoms in total. The molecule has 0 aliphatic carbocycles. The summed E-state index contributed by atoms with van der Waals surface area (Å²) in [6, 6.07) is 13.3. The molecule has 2 N–H and O–H groups in total. The second-order valence-corrected chi connectivity index (χ2v) is 4.53. The van der Waals surface area contributed by atoms with Gasteiger partial charge < -0.3 is 15.2 Å². The molecule has 2 aromatic carbocycles. The summed E-state index contributed by atoms with van der Waals surface area (Å²) in [5, 5.41) is 12.5. The van der Waals surface area contributed by atoms with Gasteiger partial charge in [-0.05, 0) is 24.3 Å². The third-order valence-electron chi connectivity index (χ3n) is 2.65. The van der Waals surface area contributed by atoms with Crippen molar-refractivity contribution in [2.45, 2.75) is 6.10 Å². The zero-order valence-electron chi connectivity index (χ0n) is 10.7. The van der Waals surface area contributed by atoms with Crippen LogP contribution in [0.1, 0.15) is 0 Å². The molecule has 5 heteroatoms. The van der Waals surface area contributed by atoms with E-state index in [2.05, 4.69) is 5.32 Å². The van der Waals surface area contributed by atoms with Crippen LogP contribution in [0.25, 0.3) is 0 Å². The van der Waals surface area contributed by atoms with Crippen LogP contribution in [0.5, 0.6) is 11.5 Å². The van der Waals surface area contributed by atoms with Gasteiger partial charge in [-0.1, -0.05) is 24.3 Å². The minimum absolute atomic E-state index is 0.142. The van der Waals surface area contributed by atoms with Crippen molar-refractivity contribution in [2.24, 2.45) is 0 Å². The summed E-state index contributed by atoms with van der Waals surface area (Å²) >= 11 is 5.54. The molecule has 0 amide bonds. The van der Waals surface area contributed by atoms with E-state index in [1.807, 2.05) is 6.07 Å². The number of ether oxygens (including phenoxy) is 1. The van der Waals surface area contributed by atoms with E-state index in [9.17, 15) is 9.50 Å². The molecule has 0 spiro atoms. The van der Waals surface area contributed by atoms with Crippen molar-refractivity contribution in [3.8, 4) is 11.5 Å². The Morgan fingerprint density at radius 3 is 2.45 bits per heavy atom. The van der Waals surface area contributed by atoms with E-state index in [1.54, 1.807) is 36.4 Å². The summed E-state index contributed by atoms with van der Waals surface area (Å²) in [6.45, 7) is 0.293. The van der Waals surface area contributed by atoms with Gasteiger partial charge in [0.05, 0.1) is 17.7 Å². The first-order valence-corrected chi connectivity index (χ1v) is 6.73. The number of benzene rings is 2. The molecule has 0 aliphatic rings. The second kappa shape index (κ2) is 7.12. The van der Waals surface area contributed by atoms with Gasteiger partial charge in [-0.2, -0.15) is 0 Å². The van der Waals surface area contributed by atoms with Gasteiger partial charge in [-0.25, -0.2) is 4.39 Å². The normalized spacial score (nSPS) is 11.9. The van der Waals surface area contributed by atoms with E-state index in [-0.39, 0.29) is 11.6 Å². The van der Waals surface area contributed by atoms with Crippen LogP contribution in [0, 0.1) is 5.82 Å². The highest BCUT2D eigenvalue weighted by Crippen LogP contribution is 2.30. The predicted molar refractivity (Wildman–Crippen MR) is 78.1 cm³/mol. The first kappa shape index (κ1) is 14.6. The summed E-state index contributed by atoms with van der Waals surface area (Å²) in [6.07, 6.45) is -0.654. The predicted octanol–water partition coefficient (Wildman–Crippen LogP) is 3.63. The Morgan fingerprint density at radius 1 is 1.10 bits per heavy atom. The van der Waals surface area contributed by atoms with Gasteiger partial charge in [-0.15, -0.1) is 11.6 Å². The molecular weight excluding hydrogens is 281 g/mol. The zero-order chi connectivity index (χ0) is 14.4. The van der Waals surface area contributed by atoms with E-state index in [0.717, 1.165) is 0 Å². The number of aliphatic hydroxyl groups excluding tert-OH is 1. The standard InChI is InChI=1S/C15H15ClFNO2/c16-9-11(19)10-18-13-6-2-4-8-15(13)20-14-7-3-1-5-12(14)17/h1-8,11,18-19H,9-10H2. The second-order valence-electron chi connectivity index (χ2n) is 4.22. The maximum absolute atomic E-state index is 13.6. The molecule has 0 aliphatic heterocycles. The van der Waals surface area contributed by atoms with Gasteiger partial charge in [0.1, 0.15) is 0 Å². The fourth-order valence-corrected chi connectivity index (χ4v) is 1.74. The number of halogens is 2. The van der Waals surface area contributed by atoms with Crippen molar-refractivity contribution in [1.29, 1.82) is 0 Å². The van der Waals surface area contributed by atoms with Crippen LogP contribution in [0.3, 0.4) is 0 Å². The summed E-state index contributed by atoms with van der Waals surface area (Å²) in [4.78, 5) is 0. The van der Waals surface area contributed by atoms with Crippen LogP contribution < -0.4 is 10.1 Å². The van der Waals surface area contributed by atoms with Gasteiger partial charge in [0, 0.05) is 6.54 Å². The molecule has 1 unspecified atom stereocenters. The monoisotopic (exact) mass is 295 g/mol. The van der Waals surface area contributed by atoms with E-state index in [0.29, 0.717) is 18.0 Å². The molecule has 0 saturated carbocycles. The van der Waals surface area contributed by atoms with Gasteiger partial charge >= 0.3 is 0 Å². The van der Waals surface area contributed by atoms with Crippen LogP contribution in [0.4, 0.5) is 10.1 Å². The number of rotatable bonds is 6. The Labute approximate surface area is 122 Å². The minimum atomic E-state index is -0.654. The zero-order valence-corrected chi connectivity index (χ0v) is 11.5. The Hall–Kier alpha value is -1.78. The fourth-order valence-electron chi connectivity index (χ4n) is 1.63. The average molecular weight is 296 g/mol. The smallest absolute Gasteiger partial charge is 0.165 e. The third kappa shape index (κ3) is 3.85. The number of aliphatic hydroxyl groups is 1. The lowest BCUT2D eigenvalue weighted by atomic mass is 10.2. The third-order valence-corrected chi connectivity index (χ3v) is 3.01. The van der Waals surface area contributed by atoms with E-state index < -0.39 is 11.9 Å². The van der Waals surface area contributed by atoms with Crippen molar-refractivity contribution in [3.63, 3.8) is 0 Å². The average Bonchev–Trinajstić information content (AvgIpc) is 2.48. The molecule has 20 heavy (non-hydrogen) atoms. The van der Waals surface area contributed by atoms with E-state index >= 15 is 0 Å². The van der Waals surface area contributed by atoms with E-state index in [1.165, 1.54) is 6.07 Å². The number of anilines is 1. The van der Waals surface area contributed by atoms with Crippen molar-refractivity contribution >= 4 is 17.3 Å². The fraction of sp³-hybridized carbons (Fsp3) is 0.200. The molecule has 2 rings (SSSR count). The Balaban J connectivity index is 2.14. The molecule has 0 fully saturated rings. The van der Waals surface area contributed by atoms with Gasteiger partial charge in [0.2, 0.25) is 0 Å². The number of para-hydroxylation sites is 3. The molecule has 1 atom stereocenters. The largest absolute Gasteiger partial charge is 0.452 e. The SMILES string of the molecule is OC(CCl)CNc1ccccc1Oc1ccccc1F. The highest BCUT2D eigenvalue weighted by Gasteiger charge is 2.09. The molecule has 0 radical (unpaired) electrons. The van der Waals surface area contributed by atoms with Crippen LogP contribution in [-0.2, 0) is 0 Å². The molecule has 0 heterocycles. The van der Waals surface area contributed by atoms with Gasteiger partial charge in [0.25, 0.3) is 0 Å². The number of hydrogen-bond acceptors (Lipinski definition) is 3. The van der Waals surface area contributed by atoms with Crippen LogP contribution in [0.15, 0.2) is 48.5 Å². The summed E-state index contributed by atoms with van der Waals surface area (Å²) < 4.78 is 19.1. The molecule has 0 aromatic heterocycles. The van der Waals surface area contributed by atoms with Gasteiger partial charge in [0.15, 0.2) is 17.3 Å². The highest BCUT2D eigenvalue weighted by molar-refractivity contribution is 6.18. The maximum atomic E-state index is 13.6. The Bertz CT molecular complexity index is 565. The van der Waals surface area contributed by atoms with Crippen LogP contribution >= 0.6 is 11.6 Å². The first-order chi connectivity index (χ1) is 9.70. The first-order valence-electron chi connectivity index (χ1n) is 6.20. The maximum Gasteiger partial charge on any atom is 0.165 e. The van der Waals surface area contributed by atoms with Gasteiger partial charge in [-0.3, -0.25) is 0 Å². The molecule has 106 valence electrons. The summed E-state index contributed by atoms with van der Waals surface area (Å²) in [5.41, 5.74) is 0.667. The molecule has 0 saturated heterocycles.